The Hall–Kier alpha value is -2.49. The third-order valence-electron chi connectivity index (χ3n) is 3.67. The van der Waals surface area contributed by atoms with Gasteiger partial charge in [0.1, 0.15) is 11.5 Å². The van der Waals surface area contributed by atoms with Crippen molar-refractivity contribution < 1.29 is 14.3 Å². The van der Waals surface area contributed by atoms with E-state index in [9.17, 15) is 4.79 Å². The summed E-state index contributed by atoms with van der Waals surface area (Å²) in [5.41, 5.74) is 2.07. The van der Waals surface area contributed by atoms with E-state index in [1.165, 1.54) is 0 Å². The molecule has 0 radical (unpaired) electrons. The lowest BCUT2D eigenvalue weighted by molar-refractivity contribution is -0.136. The van der Waals surface area contributed by atoms with Crippen LogP contribution in [0.15, 0.2) is 72.8 Å². The molecule has 0 aliphatic heterocycles. The molecule has 0 aliphatic carbocycles. The summed E-state index contributed by atoms with van der Waals surface area (Å²) in [5, 5.41) is 0.842. The van der Waals surface area contributed by atoms with Crippen LogP contribution in [0.25, 0.3) is 0 Å². The molecule has 3 aromatic rings. The topological polar surface area (TPSA) is 35.5 Å². The summed E-state index contributed by atoms with van der Waals surface area (Å²) in [7, 11) is 0. The monoisotopic (exact) mass is 386 g/mol. The number of rotatable bonds is 6. The van der Waals surface area contributed by atoms with Crippen LogP contribution in [0, 0.1) is 0 Å². The van der Waals surface area contributed by atoms with E-state index >= 15 is 0 Å². The quantitative estimate of drug-likeness (QED) is 0.410. The van der Waals surface area contributed by atoms with E-state index in [-0.39, 0.29) is 6.61 Å². The number of ether oxygens (including phenoxy) is 2. The normalized spacial score (nSPS) is 10.4. The molecule has 0 N–H and O–H groups in total. The van der Waals surface area contributed by atoms with Gasteiger partial charge in [0.05, 0.1) is 5.02 Å². The molecule has 0 fully saturated rings. The lowest BCUT2D eigenvalue weighted by Crippen LogP contribution is -2.18. The molecule has 0 saturated carbocycles. The Kier molecular flexibility index (Phi) is 6.16. The molecule has 0 amide bonds. The molecule has 26 heavy (non-hydrogen) atoms. The van der Waals surface area contributed by atoms with Gasteiger partial charge in [0.25, 0.3) is 0 Å². The first-order valence-corrected chi connectivity index (χ1v) is 8.78. The van der Waals surface area contributed by atoms with Gasteiger partial charge in [-0.25, -0.2) is 4.79 Å². The van der Waals surface area contributed by atoms with Gasteiger partial charge in [-0.3, -0.25) is 0 Å². The second-order valence-corrected chi connectivity index (χ2v) is 6.45. The second-order valence-electron chi connectivity index (χ2n) is 5.61. The summed E-state index contributed by atoms with van der Waals surface area (Å²) in [5.74, 6) is 0.397. The number of esters is 1. The minimum Gasteiger partial charge on any atom is -0.480 e. The molecule has 0 atom stereocenters. The fourth-order valence-corrected chi connectivity index (χ4v) is 2.91. The van der Waals surface area contributed by atoms with Gasteiger partial charge in [0.2, 0.25) is 0 Å². The summed E-state index contributed by atoms with van der Waals surface area (Å²) in [6, 6.07) is 22.2. The largest absolute Gasteiger partial charge is 0.480 e. The molecule has 0 aromatic heterocycles. The summed E-state index contributed by atoms with van der Waals surface area (Å²) in [6.45, 7) is -0.249. The van der Waals surface area contributed by atoms with Gasteiger partial charge in [0, 0.05) is 11.4 Å². The van der Waals surface area contributed by atoms with Crippen LogP contribution in [-0.2, 0) is 11.2 Å². The maximum absolute atomic E-state index is 12.2. The van der Waals surface area contributed by atoms with Crippen LogP contribution < -0.4 is 9.47 Å². The van der Waals surface area contributed by atoms with Crippen LogP contribution in [0.5, 0.6) is 11.5 Å². The Balaban J connectivity index is 1.64. The molecule has 0 unspecified atom stereocenters. The average molecular weight is 387 g/mol. The highest BCUT2D eigenvalue weighted by molar-refractivity contribution is 6.35. The number of hydrogen-bond acceptors (Lipinski definition) is 3. The van der Waals surface area contributed by atoms with Crippen molar-refractivity contribution in [3.63, 3.8) is 0 Å². The van der Waals surface area contributed by atoms with Gasteiger partial charge in [-0.2, -0.15) is 0 Å². The molecular weight excluding hydrogens is 371 g/mol. The molecule has 0 aliphatic rings. The smallest absolute Gasteiger partial charge is 0.349 e. The first-order chi connectivity index (χ1) is 12.6. The molecule has 0 bridgehead atoms. The SMILES string of the molecule is O=C(COc1ccc(Cl)cc1Cl)Oc1ccccc1Cc1ccccc1. The van der Waals surface area contributed by atoms with E-state index in [0.29, 0.717) is 28.0 Å². The van der Waals surface area contributed by atoms with Crippen molar-refractivity contribution >= 4 is 29.2 Å². The lowest BCUT2D eigenvalue weighted by atomic mass is 10.0. The van der Waals surface area contributed by atoms with Gasteiger partial charge in [-0.15, -0.1) is 0 Å². The molecule has 132 valence electrons. The second kappa shape index (κ2) is 8.75. The van der Waals surface area contributed by atoms with Crippen LogP contribution in [0.1, 0.15) is 11.1 Å². The fourth-order valence-electron chi connectivity index (χ4n) is 2.45. The zero-order valence-corrected chi connectivity index (χ0v) is 15.3. The van der Waals surface area contributed by atoms with Gasteiger partial charge in [-0.05, 0) is 35.4 Å². The van der Waals surface area contributed by atoms with Crippen molar-refractivity contribution in [1.82, 2.24) is 0 Å². The van der Waals surface area contributed by atoms with Crippen LogP contribution in [0.3, 0.4) is 0 Å². The Labute approximate surface area is 162 Å². The minimum absolute atomic E-state index is 0.249. The summed E-state index contributed by atoms with van der Waals surface area (Å²) in [4.78, 5) is 12.2. The molecule has 3 aromatic carbocycles. The summed E-state index contributed by atoms with van der Waals surface area (Å²) in [6.07, 6.45) is 0.675. The fraction of sp³-hybridized carbons (Fsp3) is 0.0952. The van der Waals surface area contributed by atoms with Crippen LogP contribution in [0.4, 0.5) is 0 Å². The van der Waals surface area contributed by atoms with E-state index in [1.807, 2.05) is 48.5 Å². The third-order valence-corrected chi connectivity index (χ3v) is 4.20. The number of carbonyl (C=O) groups is 1. The number of para-hydroxylation sites is 1. The maximum Gasteiger partial charge on any atom is 0.349 e. The summed E-state index contributed by atoms with van der Waals surface area (Å²) >= 11 is 11.9. The van der Waals surface area contributed by atoms with Gasteiger partial charge in [-0.1, -0.05) is 71.7 Å². The van der Waals surface area contributed by atoms with Crippen molar-refractivity contribution in [3.05, 3.63) is 94.0 Å². The van der Waals surface area contributed by atoms with Crippen molar-refractivity contribution in [2.24, 2.45) is 0 Å². The standard InChI is InChI=1S/C21H16Cl2O3/c22-17-10-11-20(18(23)13-17)25-14-21(24)26-19-9-5-4-8-16(19)12-15-6-2-1-3-7-15/h1-11,13H,12,14H2. The number of halogens is 2. The zero-order chi connectivity index (χ0) is 18.4. The van der Waals surface area contributed by atoms with Crippen molar-refractivity contribution in [1.29, 1.82) is 0 Å². The van der Waals surface area contributed by atoms with E-state index in [4.69, 9.17) is 32.7 Å². The Morgan fingerprint density at radius 3 is 2.35 bits per heavy atom. The Morgan fingerprint density at radius 2 is 1.58 bits per heavy atom. The van der Waals surface area contributed by atoms with Crippen LogP contribution in [-0.4, -0.2) is 12.6 Å². The molecule has 0 saturated heterocycles. The lowest BCUT2D eigenvalue weighted by Gasteiger charge is -2.11. The van der Waals surface area contributed by atoms with E-state index in [1.54, 1.807) is 24.3 Å². The molecule has 3 nitrogen and oxygen atoms in total. The van der Waals surface area contributed by atoms with Gasteiger partial charge >= 0.3 is 5.97 Å². The molecule has 5 heteroatoms. The highest BCUT2D eigenvalue weighted by Crippen LogP contribution is 2.27. The number of hydrogen-bond donors (Lipinski definition) is 0. The maximum atomic E-state index is 12.2. The molecule has 0 heterocycles. The first kappa shape index (κ1) is 18.3. The molecule has 3 rings (SSSR count). The van der Waals surface area contributed by atoms with Crippen LogP contribution in [0.2, 0.25) is 10.0 Å². The predicted molar refractivity (Wildman–Crippen MR) is 103 cm³/mol. The highest BCUT2D eigenvalue weighted by Gasteiger charge is 2.11. The van der Waals surface area contributed by atoms with Crippen LogP contribution >= 0.6 is 23.2 Å². The van der Waals surface area contributed by atoms with Gasteiger partial charge < -0.3 is 9.47 Å². The zero-order valence-electron chi connectivity index (χ0n) is 13.8. The number of carbonyl (C=O) groups excluding carboxylic acids is 1. The Bertz CT molecular complexity index is 895. The van der Waals surface area contributed by atoms with Crippen molar-refractivity contribution in [3.8, 4) is 11.5 Å². The van der Waals surface area contributed by atoms with E-state index < -0.39 is 5.97 Å². The highest BCUT2D eigenvalue weighted by atomic mass is 35.5. The Morgan fingerprint density at radius 1 is 0.846 bits per heavy atom. The van der Waals surface area contributed by atoms with E-state index in [2.05, 4.69) is 0 Å². The number of benzene rings is 3. The third kappa shape index (κ3) is 5.01. The average Bonchev–Trinajstić information content (AvgIpc) is 2.63. The minimum atomic E-state index is -0.503. The predicted octanol–water partition coefficient (Wildman–Crippen LogP) is 5.57. The van der Waals surface area contributed by atoms with Crippen molar-refractivity contribution in [2.45, 2.75) is 6.42 Å². The first-order valence-electron chi connectivity index (χ1n) is 8.02. The van der Waals surface area contributed by atoms with Gasteiger partial charge in [0.15, 0.2) is 6.61 Å². The van der Waals surface area contributed by atoms with Crippen molar-refractivity contribution in [2.75, 3.05) is 6.61 Å². The van der Waals surface area contributed by atoms with E-state index in [0.717, 1.165) is 11.1 Å². The molecular formula is C21H16Cl2O3. The summed E-state index contributed by atoms with van der Waals surface area (Å²) < 4.78 is 10.9. The molecule has 0 spiro atoms.